The van der Waals surface area contributed by atoms with Crippen LogP contribution >= 0.6 is 11.8 Å². The molecule has 0 spiro atoms. The maximum atomic E-state index is 12.0. The lowest BCUT2D eigenvalue weighted by atomic mass is 10.2. The molecule has 0 saturated heterocycles. The highest BCUT2D eigenvalue weighted by molar-refractivity contribution is 7.99. The van der Waals surface area contributed by atoms with Gasteiger partial charge in [0.25, 0.3) is 5.22 Å². The summed E-state index contributed by atoms with van der Waals surface area (Å²) < 4.78 is 5.15. The molecule has 110 valence electrons. The van der Waals surface area contributed by atoms with E-state index >= 15 is 0 Å². The van der Waals surface area contributed by atoms with Crippen molar-refractivity contribution in [3.05, 3.63) is 60.2 Å². The average Bonchev–Trinajstić information content (AvgIpc) is 3.02. The summed E-state index contributed by atoms with van der Waals surface area (Å²) >= 11 is 1.21. The molecule has 0 unspecified atom stereocenters. The molecule has 0 radical (unpaired) electrons. The van der Waals surface area contributed by atoms with E-state index in [0.717, 1.165) is 0 Å². The Balaban J connectivity index is 1.68. The number of carbonyl (C=O) groups excluding carboxylic acids is 1. The van der Waals surface area contributed by atoms with Gasteiger partial charge in [-0.3, -0.25) is 4.79 Å². The number of hydrogen-bond donors (Lipinski definition) is 1. The summed E-state index contributed by atoms with van der Waals surface area (Å²) in [6, 6.07) is 16.4. The van der Waals surface area contributed by atoms with E-state index in [1.54, 1.807) is 18.2 Å². The number of nitrogens with zero attached hydrogens (tertiary/aromatic N) is 2. The lowest BCUT2D eigenvalue weighted by Gasteiger charge is -1.98. The van der Waals surface area contributed by atoms with Crippen LogP contribution < -0.4 is 5.73 Å². The molecule has 3 rings (SSSR count). The lowest BCUT2D eigenvalue weighted by molar-refractivity contribution is 0.102. The molecule has 0 atom stereocenters. The van der Waals surface area contributed by atoms with Gasteiger partial charge in [0.15, 0.2) is 5.78 Å². The molecule has 0 aliphatic heterocycles. The molecule has 2 N–H and O–H groups in total. The van der Waals surface area contributed by atoms with Gasteiger partial charge in [-0.25, -0.2) is 0 Å². The molecule has 0 amide bonds. The third-order valence-corrected chi connectivity index (χ3v) is 3.85. The fourth-order valence-electron chi connectivity index (χ4n) is 1.91. The number of anilines is 1. The number of carbonyl (C=O) groups is 1. The van der Waals surface area contributed by atoms with E-state index in [-0.39, 0.29) is 11.5 Å². The van der Waals surface area contributed by atoms with Crippen LogP contribution in [0.25, 0.3) is 11.4 Å². The SMILES string of the molecule is Nc1ccccc1-c1noc(SCC(=O)c2ccccc2)n1. The maximum absolute atomic E-state index is 12.0. The Morgan fingerprint density at radius 2 is 1.82 bits per heavy atom. The minimum Gasteiger partial charge on any atom is -0.398 e. The van der Waals surface area contributed by atoms with Crippen molar-refractivity contribution in [2.75, 3.05) is 11.5 Å². The second-order valence-electron chi connectivity index (χ2n) is 4.55. The molecule has 0 bridgehead atoms. The Hall–Kier alpha value is -2.60. The van der Waals surface area contributed by atoms with Gasteiger partial charge < -0.3 is 10.3 Å². The second-order valence-corrected chi connectivity index (χ2v) is 5.48. The summed E-state index contributed by atoms with van der Waals surface area (Å²) in [4.78, 5) is 16.3. The average molecular weight is 311 g/mol. The Morgan fingerprint density at radius 1 is 1.09 bits per heavy atom. The first kappa shape index (κ1) is 14.3. The van der Waals surface area contributed by atoms with Crippen molar-refractivity contribution < 1.29 is 9.32 Å². The van der Waals surface area contributed by atoms with Gasteiger partial charge in [-0.1, -0.05) is 59.4 Å². The topological polar surface area (TPSA) is 82.0 Å². The normalized spacial score (nSPS) is 10.5. The molecule has 0 fully saturated rings. The first-order valence-electron chi connectivity index (χ1n) is 6.63. The van der Waals surface area contributed by atoms with Crippen LogP contribution in [0.4, 0.5) is 5.69 Å². The van der Waals surface area contributed by atoms with Crippen LogP contribution in [0.15, 0.2) is 64.3 Å². The molecule has 0 saturated carbocycles. The molecular formula is C16H13N3O2S. The van der Waals surface area contributed by atoms with E-state index in [0.29, 0.717) is 27.9 Å². The summed E-state index contributed by atoms with van der Waals surface area (Å²) in [7, 11) is 0. The monoisotopic (exact) mass is 311 g/mol. The molecule has 0 aliphatic carbocycles. The predicted molar refractivity (Wildman–Crippen MR) is 85.6 cm³/mol. The van der Waals surface area contributed by atoms with Gasteiger partial charge in [-0.05, 0) is 12.1 Å². The summed E-state index contributed by atoms with van der Waals surface area (Å²) in [5.74, 6) is 0.688. The first-order valence-corrected chi connectivity index (χ1v) is 7.62. The Labute approximate surface area is 131 Å². The van der Waals surface area contributed by atoms with Gasteiger partial charge in [0.1, 0.15) is 0 Å². The third-order valence-electron chi connectivity index (χ3n) is 3.03. The molecule has 0 aliphatic rings. The number of rotatable bonds is 5. The van der Waals surface area contributed by atoms with Crippen LogP contribution in [-0.2, 0) is 0 Å². The van der Waals surface area contributed by atoms with E-state index in [4.69, 9.17) is 10.3 Å². The Morgan fingerprint density at radius 3 is 2.59 bits per heavy atom. The molecule has 2 aromatic carbocycles. The van der Waals surface area contributed by atoms with E-state index in [2.05, 4.69) is 10.1 Å². The summed E-state index contributed by atoms with van der Waals surface area (Å²) in [6.45, 7) is 0. The van der Waals surface area contributed by atoms with Crippen molar-refractivity contribution in [3.8, 4) is 11.4 Å². The van der Waals surface area contributed by atoms with E-state index in [1.807, 2.05) is 36.4 Å². The third kappa shape index (κ3) is 3.17. The van der Waals surface area contributed by atoms with Gasteiger partial charge >= 0.3 is 0 Å². The number of aromatic nitrogens is 2. The van der Waals surface area contributed by atoms with Crippen molar-refractivity contribution in [1.82, 2.24) is 10.1 Å². The van der Waals surface area contributed by atoms with E-state index in [9.17, 15) is 4.79 Å². The molecule has 3 aromatic rings. The van der Waals surface area contributed by atoms with Crippen LogP contribution in [0.3, 0.4) is 0 Å². The van der Waals surface area contributed by atoms with Crippen LogP contribution in [0.5, 0.6) is 0 Å². The van der Waals surface area contributed by atoms with Gasteiger partial charge in [0.05, 0.1) is 5.75 Å². The zero-order valence-electron chi connectivity index (χ0n) is 11.6. The Kier molecular flexibility index (Phi) is 4.20. The van der Waals surface area contributed by atoms with Crippen LogP contribution in [-0.4, -0.2) is 21.7 Å². The van der Waals surface area contributed by atoms with Crippen LogP contribution in [0.2, 0.25) is 0 Å². The van der Waals surface area contributed by atoms with Crippen molar-refractivity contribution in [2.45, 2.75) is 5.22 Å². The van der Waals surface area contributed by atoms with Crippen molar-refractivity contribution in [1.29, 1.82) is 0 Å². The second kappa shape index (κ2) is 6.44. The number of ketones is 1. The Bertz CT molecular complexity index is 787. The molecule has 6 heteroatoms. The standard InChI is InChI=1S/C16H13N3O2S/c17-13-9-5-4-8-12(13)15-18-16(21-19-15)22-10-14(20)11-6-2-1-3-7-11/h1-9H,10,17H2. The predicted octanol–water partition coefficient (Wildman–Crippen LogP) is 3.29. The van der Waals surface area contributed by atoms with Crippen LogP contribution in [0, 0.1) is 0 Å². The van der Waals surface area contributed by atoms with E-state index in [1.165, 1.54) is 11.8 Å². The fraction of sp³-hybridized carbons (Fsp3) is 0.0625. The molecule has 22 heavy (non-hydrogen) atoms. The first-order chi connectivity index (χ1) is 10.7. The summed E-state index contributed by atoms with van der Waals surface area (Å²) in [5.41, 5.74) is 7.84. The zero-order valence-corrected chi connectivity index (χ0v) is 12.4. The number of hydrogen-bond acceptors (Lipinski definition) is 6. The van der Waals surface area contributed by atoms with Crippen molar-refractivity contribution >= 4 is 23.2 Å². The number of Topliss-reactive ketones (excluding diaryl/α,β-unsaturated/α-hetero) is 1. The maximum Gasteiger partial charge on any atom is 0.286 e. The number of thioether (sulfide) groups is 1. The van der Waals surface area contributed by atoms with E-state index < -0.39 is 0 Å². The van der Waals surface area contributed by atoms with Gasteiger partial charge in [0.2, 0.25) is 5.82 Å². The lowest BCUT2D eigenvalue weighted by Crippen LogP contribution is -2.01. The summed E-state index contributed by atoms with van der Waals surface area (Å²) in [6.07, 6.45) is 0. The molecular weight excluding hydrogens is 298 g/mol. The van der Waals surface area contributed by atoms with Crippen LogP contribution in [0.1, 0.15) is 10.4 Å². The molecule has 1 aromatic heterocycles. The smallest absolute Gasteiger partial charge is 0.286 e. The highest BCUT2D eigenvalue weighted by atomic mass is 32.2. The highest BCUT2D eigenvalue weighted by Gasteiger charge is 2.13. The number of nitrogens with two attached hydrogens (primary N) is 1. The van der Waals surface area contributed by atoms with Gasteiger partial charge in [-0.15, -0.1) is 0 Å². The van der Waals surface area contributed by atoms with Gasteiger partial charge in [0, 0.05) is 16.8 Å². The number of nitrogen functional groups attached to an aromatic ring is 1. The highest BCUT2D eigenvalue weighted by Crippen LogP contribution is 2.25. The molecule has 1 heterocycles. The van der Waals surface area contributed by atoms with Gasteiger partial charge in [-0.2, -0.15) is 4.98 Å². The minimum absolute atomic E-state index is 0.0181. The molecule has 5 nitrogen and oxygen atoms in total. The van der Waals surface area contributed by atoms with Crippen molar-refractivity contribution in [3.63, 3.8) is 0 Å². The van der Waals surface area contributed by atoms with Crippen molar-refractivity contribution in [2.24, 2.45) is 0 Å². The minimum atomic E-state index is 0.0181. The summed E-state index contributed by atoms with van der Waals surface area (Å²) in [5, 5.41) is 4.25. The largest absolute Gasteiger partial charge is 0.398 e. The number of para-hydroxylation sites is 1. The quantitative estimate of drug-likeness (QED) is 0.442. The number of benzene rings is 2. The fourth-order valence-corrected chi connectivity index (χ4v) is 2.58. The zero-order chi connectivity index (χ0) is 15.4.